The fraction of sp³-hybridized carbons (Fsp3) is 0.135. The van der Waals surface area contributed by atoms with E-state index in [1.165, 1.54) is 79.6 Å². The van der Waals surface area contributed by atoms with Gasteiger partial charge in [0, 0.05) is 44.6 Å². The van der Waals surface area contributed by atoms with Crippen LogP contribution in [0.2, 0.25) is 0 Å². The summed E-state index contributed by atoms with van der Waals surface area (Å²) >= 11 is 0. The van der Waals surface area contributed by atoms with Gasteiger partial charge in [-0.25, -0.2) is 41.3 Å². The third-order valence-electron chi connectivity index (χ3n) is 8.44. The summed E-state index contributed by atoms with van der Waals surface area (Å²) in [6.45, 7) is 0.218. The molecule has 17 heteroatoms. The number of amides is 1. The van der Waals surface area contributed by atoms with E-state index < -0.39 is 62.1 Å². The standard InChI is InChI=1S/C37H30F2N6O8S/c1-44-32-6-4-3-5-26(32)35(47)45(37(44)50)24-11-7-21(8-12-24)15-31(36(48)49)42-34(46)27-16-29(39)30(17-28(27)38)43-54(51,52)25-13-9-22(10-14-25)23-18-40-33(20-53-2)41-19-23/h3-14,16-19,31,43H,15,20H2,1-2H3,(H,42,46)(H,48,49)/t31-/m0/s1. The smallest absolute Gasteiger partial charge is 0.335 e. The molecule has 2 heterocycles. The van der Waals surface area contributed by atoms with Crippen LogP contribution in [0.3, 0.4) is 0 Å². The van der Waals surface area contributed by atoms with Crippen LogP contribution in [0.5, 0.6) is 0 Å². The minimum absolute atomic E-state index is 0.218. The fourth-order valence-corrected chi connectivity index (χ4v) is 6.68. The highest BCUT2D eigenvalue weighted by atomic mass is 32.2. The summed E-state index contributed by atoms with van der Waals surface area (Å²) in [6, 6.07) is 17.2. The van der Waals surface area contributed by atoms with Crippen molar-refractivity contribution in [3.63, 3.8) is 0 Å². The highest BCUT2D eigenvalue weighted by Gasteiger charge is 2.26. The zero-order valence-electron chi connectivity index (χ0n) is 28.5. The summed E-state index contributed by atoms with van der Waals surface area (Å²) in [6.07, 6.45) is 2.77. The van der Waals surface area contributed by atoms with Gasteiger partial charge in [0.2, 0.25) is 0 Å². The van der Waals surface area contributed by atoms with Crippen LogP contribution < -0.4 is 21.3 Å². The first-order chi connectivity index (χ1) is 25.8. The number of carboxylic acids is 1. The van der Waals surface area contributed by atoms with Crippen LogP contribution in [0.15, 0.2) is 112 Å². The molecule has 0 unspecified atom stereocenters. The number of carboxylic acid groups (broad SMARTS) is 1. The molecule has 0 aliphatic carbocycles. The number of halogens is 2. The zero-order chi connectivity index (χ0) is 38.7. The van der Waals surface area contributed by atoms with Crippen molar-refractivity contribution in [3.8, 4) is 16.8 Å². The number of carbonyl (C=O) groups excluding carboxylic acids is 1. The first-order valence-corrected chi connectivity index (χ1v) is 17.5. The molecule has 276 valence electrons. The number of nitrogens with zero attached hydrogens (tertiary/aromatic N) is 4. The predicted octanol–water partition coefficient (Wildman–Crippen LogP) is 3.80. The van der Waals surface area contributed by atoms with Crippen LogP contribution in [-0.2, 0) is 39.6 Å². The van der Waals surface area contributed by atoms with Crippen molar-refractivity contribution in [2.45, 2.75) is 24.0 Å². The number of ether oxygens (including phenoxy) is 1. The molecule has 3 N–H and O–H groups in total. The topological polar surface area (TPSA) is 192 Å². The van der Waals surface area contributed by atoms with E-state index in [0.717, 1.165) is 4.57 Å². The molecule has 54 heavy (non-hydrogen) atoms. The number of aliphatic carboxylic acids is 1. The third kappa shape index (κ3) is 7.62. The summed E-state index contributed by atoms with van der Waals surface area (Å²) in [5.74, 6) is -4.92. The molecule has 0 aliphatic heterocycles. The minimum Gasteiger partial charge on any atom is -0.480 e. The third-order valence-corrected chi connectivity index (χ3v) is 9.82. The van der Waals surface area contributed by atoms with Crippen molar-refractivity contribution in [2.24, 2.45) is 7.05 Å². The van der Waals surface area contributed by atoms with Crippen molar-refractivity contribution in [2.75, 3.05) is 11.8 Å². The lowest BCUT2D eigenvalue weighted by molar-refractivity contribution is -0.139. The number of hydrogen-bond donors (Lipinski definition) is 3. The number of rotatable bonds is 12. The summed E-state index contributed by atoms with van der Waals surface area (Å²) in [5, 5.41) is 12.3. The molecule has 0 aliphatic rings. The van der Waals surface area contributed by atoms with Crippen LogP contribution in [-0.4, -0.2) is 57.7 Å². The maximum atomic E-state index is 15.2. The summed E-state index contributed by atoms with van der Waals surface area (Å²) in [5.41, 5.74) is -0.570. The summed E-state index contributed by atoms with van der Waals surface area (Å²) in [7, 11) is -1.39. The lowest BCUT2D eigenvalue weighted by Gasteiger charge is -2.16. The average Bonchev–Trinajstić information content (AvgIpc) is 3.16. The van der Waals surface area contributed by atoms with Gasteiger partial charge in [0.15, 0.2) is 5.82 Å². The van der Waals surface area contributed by atoms with Gasteiger partial charge in [0.05, 0.1) is 32.7 Å². The molecule has 0 fully saturated rings. The lowest BCUT2D eigenvalue weighted by atomic mass is 10.0. The van der Waals surface area contributed by atoms with E-state index in [4.69, 9.17) is 4.74 Å². The van der Waals surface area contributed by atoms with E-state index >= 15 is 8.78 Å². The molecule has 14 nitrogen and oxygen atoms in total. The normalized spacial score (nSPS) is 12.0. The Morgan fingerprint density at radius 2 is 1.57 bits per heavy atom. The maximum Gasteiger partial charge on any atom is 0.335 e. The summed E-state index contributed by atoms with van der Waals surface area (Å²) in [4.78, 5) is 59.2. The Morgan fingerprint density at radius 3 is 2.22 bits per heavy atom. The molecular weight excluding hydrogens is 727 g/mol. The van der Waals surface area contributed by atoms with Crippen molar-refractivity contribution >= 4 is 38.5 Å². The second kappa shape index (κ2) is 15.2. The van der Waals surface area contributed by atoms with Gasteiger partial charge in [0.25, 0.3) is 21.5 Å². The number of benzene rings is 4. The van der Waals surface area contributed by atoms with Gasteiger partial charge in [0.1, 0.15) is 24.3 Å². The van der Waals surface area contributed by atoms with Crippen molar-refractivity contribution in [1.29, 1.82) is 0 Å². The van der Waals surface area contributed by atoms with E-state index in [1.54, 1.807) is 24.3 Å². The van der Waals surface area contributed by atoms with E-state index in [1.807, 2.05) is 4.72 Å². The van der Waals surface area contributed by atoms with Gasteiger partial charge in [-0.3, -0.25) is 18.9 Å². The first-order valence-electron chi connectivity index (χ1n) is 16.0. The molecule has 0 saturated heterocycles. The van der Waals surface area contributed by atoms with E-state index in [-0.39, 0.29) is 23.6 Å². The minimum atomic E-state index is -4.42. The van der Waals surface area contributed by atoms with Gasteiger partial charge in [-0.2, -0.15) is 0 Å². The highest BCUT2D eigenvalue weighted by molar-refractivity contribution is 7.92. The van der Waals surface area contributed by atoms with Gasteiger partial charge in [-0.15, -0.1) is 0 Å². The Bertz CT molecular complexity index is 2630. The van der Waals surface area contributed by atoms with Gasteiger partial charge >= 0.3 is 11.7 Å². The zero-order valence-corrected chi connectivity index (χ0v) is 29.3. The van der Waals surface area contributed by atoms with Crippen molar-refractivity contribution in [3.05, 3.63) is 147 Å². The summed E-state index contributed by atoms with van der Waals surface area (Å²) < 4.78 is 65.6. The molecule has 0 spiro atoms. The maximum absolute atomic E-state index is 15.2. The quantitative estimate of drug-likeness (QED) is 0.166. The van der Waals surface area contributed by atoms with Crippen LogP contribution in [0.1, 0.15) is 21.7 Å². The molecular formula is C37H30F2N6O8S. The molecule has 6 aromatic rings. The van der Waals surface area contributed by atoms with Gasteiger partial charge in [-0.05, 0) is 53.6 Å². The van der Waals surface area contributed by atoms with Gasteiger partial charge < -0.3 is 15.2 Å². The Balaban J connectivity index is 1.15. The molecule has 0 radical (unpaired) electrons. The number of anilines is 1. The lowest BCUT2D eigenvalue weighted by Crippen LogP contribution is -2.42. The van der Waals surface area contributed by atoms with Crippen LogP contribution in [0, 0.1) is 11.6 Å². The first kappa shape index (κ1) is 37.2. The molecule has 2 aromatic heterocycles. The Labute approximate surface area is 305 Å². The van der Waals surface area contributed by atoms with Gasteiger partial charge in [-0.1, -0.05) is 36.4 Å². The number of fused-ring (bicyclic) bond motifs is 1. The Hall–Kier alpha value is -6.59. The average molecular weight is 757 g/mol. The highest BCUT2D eigenvalue weighted by Crippen LogP contribution is 2.25. The Kier molecular flexibility index (Phi) is 10.4. The number of methoxy groups -OCH3 is 1. The van der Waals surface area contributed by atoms with E-state index in [0.29, 0.717) is 45.6 Å². The number of carbonyl (C=O) groups is 2. The number of sulfonamides is 1. The van der Waals surface area contributed by atoms with Crippen molar-refractivity contribution in [1.82, 2.24) is 24.4 Å². The predicted molar refractivity (Wildman–Crippen MR) is 193 cm³/mol. The second-order valence-electron chi connectivity index (χ2n) is 12.0. The van der Waals surface area contributed by atoms with Crippen molar-refractivity contribution < 1.29 is 36.6 Å². The number of aromatic nitrogens is 4. The van der Waals surface area contributed by atoms with E-state index in [2.05, 4.69) is 15.3 Å². The number of nitrogens with one attached hydrogen (secondary N) is 2. The van der Waals surface area contributed by atoms with Crippen LogP contribution >= 0.6 is 0 Å². The SMILES string of the molecule is COCc1ncc(-c2ccc(S(=O)(=O)Nc3cc(F)c(C(=O)N[C@@H](Cc4ccc(-n5c(=O)c6ccccc6n(C)c5=O)cc4)C(=O)O)cc3F)cc2)cn1. The Morgan fingerprint density at radius 1 is 0.907 bits per heavy atom. The monoisotopic (exact) mass is 756 g/mol. The van der Waals surface area contributed by atoms with Crippen LogP contribution in [0.4, 0.5) is 14.5 Å². The largest absolute Gasteiger partial charge is 0.480 e. The number of aryl methyl sites for hydroxylation is 1. The molecule has 0 bridgehead atoms. The van der Waals surface area contributed by atoms with E-state index in [9.17, 15) is 32.7 Å². The fourth-order valence-electron chi connectivity index (χ4n) is 5.62. The number of hydrogen-bond acceptors (Lipinski definition) is 9. The molecule has 1 amide bonds. The van der Waals surface area contributed by atoms with Crippen LogP contribution in [0.25, 0.3) is 27.7 Å². The number of para-hydroxylation sites is 1. The molecule has 0 saturated carbocycles. The molecule has 1 atom stereocenters. The second-order valence-corrected chi connectivity index (χ2v) is 13.7. The molecule has 4 aromatic carbocycles. The molecule has 6 rings (SSSR count).